The summed E-state index contributed by atoms with van der Waals surface area (Å²) in [6.45, 7) is 4.62. The lowest BCUT2D eigenvalue weighted by molar-refractivity contribution is -0.119. The molecular weight excluding hydrogens is 350 g/mol. The van der Waals surface area contributed by atoms with E-state index in [1.807, 2.05) is 55.5 Å². The Labute approximate surface area is 164 Å². The zero-order valence-corrected chi connectivity index (χ0v) is 16.1. The molecule has 0 spiro atoms. The van der Waals surface area contributed by atoms with Gasteiger partial charge in [0, 0.05) is 12.3 Å². The van der Waals surface area contributed by atoms with Crippen LogP contribution in [-0.4, -0.2) is 22.1 Å². The Bertz CT molecular complexity index is 1130. The third-order valence-electron chi connectivity index (χ3n) is 4.81. The highest BCUT2D eigenvalue weighted by molar-refractivity contribution is 5.88. The molecule has 142 valence electrons. The first-order valence-corrected chi connectivity index (χ1v) is 9.46. The molecule has 1 heterocycles. The van der Waals surface area contributed by atoms with E-state index in [4.69, 9.17) is 9.72 Å². The van der Waals surface area contributed by atoms with Gasteiger partial charge in [-0.2, -0.15) is 0 Å². The van der Waals surface area contributed by atoms with Crippen LogP contribution >= 0.6 is 0 Å². The van der Waals surface area contributed by atoms with Crippen LogP contribution in [0.4, 0.5) is 0 Å². The van der Waals surface area contributed by atoms with Gasteiger partial charge >= 0.3 is 0 Å². The zero-order valence-electron chi connectivity index (χ0n) is 16.1. The van der Waals surface area contributed by atoms with E-state index in [-0.39, 0.29) is 11.9 Å². The predicted molar refractivity (Wildman–Crippen MR) is 111 cm³/mol. The lowest BCUT2D eigenvalue weighted by Gasteiger charge is -2.16. The number of rotatable bonds is 6. The van der Waals surface area contributed by atoms with Crippen molar-refractivity contribution in [3.8, 4) is 5.75 Å². The van der Waals surface area contributed by atoms with Gasteiger partial charge in [-0.05, 0) is 30.5 Å². The molecule has 0 fully saturated rings. The smallest absolute Gasteiger partial charge is 0.217 e. The fraction of sp³-hybridized carbons (Fsp3) is 0.217. The van der Waals surface area contributed by atoms with Crippen LogP contribution < -0.4 is 10.1 Å². The number of hydrogen-bond donors (Lipinski definition) is 1. The van der Waals surface area contributed by atoms with Crippen molar-refractivity contribution in [2.45, 2.75) is 26.4 Å². The van der Waals surface area contributed by atoms with Crippen LogP contribution in [0.25, 0.3) is 21.8 Å². The topological polar surface area (TPSA) is 56.2 Å². The molecule has 5 heteroatoms. The maximum Gasteiger partial charge on any atom is 0.217 e. The molecule has 5 nitrogen and oxygen atoms in total. The van der Waals surface area contributed by atoms with Gasteiger partial charge in [-0.3, -0.25) is 4.79 Å². The van der Waals surface area contributed by atoms with Crippen molar-refractivity contribution in [3.05, 3.63) is 72.6 Å². The summed E-state index contributed by atoms with van der Waals surface area (Å²) >= 11 is 0. The number of aromatic nitrogens is 2. The van der Waals surface area contributed by atoms with Crippen molar-refractivity contribution < 1.29 is 9.53 Å². The molecule has 4 aromatic rings. The molecule has 0 bridgehead atoms. The van der Waals surface area contributed by atoms with Crippen LogP contribution in [0.15, 0.2) is 66.7 Å². The maximum absolute atomic E-state index is 11.5. The minimum Gasteiger partial charge on any atom is -0.491 e. The minimum atomic E-state index is -0.178. The molecule has 1 atom stereocenters. The third kappa shape index (κ3) is 3.56. The molecule has 1 unspecified atom stereocenters. The summed E-state index contributed by atoms with van der Waals surface area (Å²) in [6, 6.07) is 22.1. The van der Waals surface area contributed by atoms with Gasteiger partial charge in [-0.1, -0.05) is 48.5 Å². The molecule has 1 amide bonds. The van der Waals surface area contributed by atoms with E-state index in [9.17, 15) is 4.79 Å². The molecule has 0 aliphatic carbocycles. The van der Waals surface area contributed by atoms with Gasteiger partial charge in [0.15, 0.2) is 0 Å². The normalized spacial score (nSPS) is 12.2. The van der Waals surface area contributed by atoms with E-state index in [1.165, 1.54) is 6.92 Å². The molecule has 0 aliphatic heterocycles. The number of benzene rings is 3. The van der Waals surface area contributed by atoms with Crippen molar-refractivity contribution in [1.82, 2.24) is 14.9 Å². The number of carbonyl (C=O) groups is 1. The summed E-state index contributed by atoms with van der Waals surface area (Å²) in [6.07, 6.45) is 0. The number of nitrogens with zero attached hydrogens (tertiary/aromatic N) is 2. The van der Waals surface area contributed by atoms with Crippen molar-refractivity contribution in [2.24, 2.45) is 0 Å². The summed E-state index contributed by atoms with van der Waals surface area (Å²) in [5, 5.41) is 5.19. The summed E-state index contributed by atoms with van der Waals surface area (Å²) < 4.78 is 8.25. The first kappa shape index (κ1) is 18.0. The summed E-state index contributed by atoms with van der Waals surface area (Å²) in [5.41, 5.74) is 1.95. The second-order valence-electron chi connectivity index (χ2n) is 6.86. The maximum atomic E-state index is 11.5. The Morgan fingerprint density at radius 1 is 1.07 bits per heavy atom. The molecule has 0 saturated heterocycles. The summed E-state index contributed by atoms with van der Waals surface area (Å²) in [7, 11) is 0. The standard InChI is InChI=1S/C23H23N3O2/c1-16(24-17(2)27)23-25-20-11-5-6-12-21(20)26(23)14-15-28-22-13-7-9-18-8-3-4-10-19(18)22/h3-13,16H,14-15H2,1-2H3,(H,24,27). The van der Waals surface area contributed by atoms with Crippen molar-refractivity contribution in [1.29, 1.82) is 0 Å². The van der Waals surface area contributed by atoms with E-state index in [0.29, 0.717) is 13.2 Å². The van der Waals surface area contributed by atoms with Crippen LogP contribution in [0.1, 0.15) is 25.7 Å². The summed E-state index contributed by atoms with van der Waals surface area (Å²) in [5.74, 6) is 1.63. The van der Waals surface area contributed by atoms with E-state index in [0.717, 1.165) is 33.4 Å². The Morgan fingerprint density at radius 2 is 1.82 bits per heavy atom. The number of amides is 1. The molecule has 28 heavy (non-hydrogen) atoms. The Kier molecular flexibility index (Phi) is 4.98. The average molecular weight is 373 g/mol. The SMILES string of the molecule is CC(=O)NC(C)c1nc2ccccc2n1CCOc1cccc2ccccc12. The van der Waals surface area contributed by atoms with Crippen LogP contribution in [0.5, 0.6) is 5.75 Å². The molecular formula is C23H23N3O2. The van der Waals surface area contributed by atoms with E-state index in [1.54, 1.807) is 0 Å². The van der Waals surface area contributed by atoms with Gasteiger partial charge in [-0.15, -0.1) is 0 Å². The van der Waals surface area contributed by atoms with E-state index >= 15 is 0 Å². The fourth-order valence-corrected chi connectivity index (χ4v) is 3.60. The van der Waals surface area contributed by atoms with Gasteiger partial charge in [0.1, 0.15) is 18.2 Å². The third-order valence-corrected chi connectivity index (χ3v) is 4.81. The van der Waals surface area contributed by atoms with Gasteiger partial charge in [0.25, 0.3) is 0 Å². The second kappa shape index (κ2) is 7.72. The molecule has 1 aromatic heterocycles. The predicted octanol–water partition coefficient (Wildman–Crippen LogP) is 4.47. The van der Waals surface area contributed by atoms with Crippen LogP contribution in [0.3, 0.4) is 0 Å². The molecule has 0 radical (unpaired) electrons. The van der Waals surface area contributed by atoms with Crippen molar-refractivity contribution in [3.63, 3.8) is 0 Å². The van der Waals surface area contributed by atoms with E-state index < -0.39 is 0 Å². The first-order valence-electron chi connectivity index (χ1n) is 9.46. The van der Waals surface area contributed by atoms with Crippen molar-refractivity contribution >= 4 is 27.7 Å². The molecule has 0 saturated carbocycles. The number of carbonyl (C=O) groups excluding carboxylic acids is 1. The Morgan fingerprint density at radius 3 is 2.68 bits per heavy atom. The van der Waals surface area contributed by atoms with Gasteiger partial charge in [-0.25, -0.2) is 4.98 Å². The Balaban J connectivity index is 1.59. The molecule has 1 N–H and O–H groups in total. The largest absolute Gasteiger partial charge is 0.491 e. The van der Waals surface area contributed by atoms with Crippen LogP contribution in [0.2, 0.25) is 0 Å². The summed E-state index contributed by atoms with van der Waals surface area (Å²) in [4.78, 5) is 16.2. The molecule has 0 aliphatic rings. The quantitative estimate of drug-likeness (QED) is 0.543. The second-order valence-corrected chi connectivity index (χ2v) is 6.86. The number of nitrogens with one attached hydrogen (secondary N) is 1. The zero-order chi connectivity index (χ0) is 19.5. The van der Waals surface area contributed by atoms with Crippen LogP contribution in [-0.2, 0) is 11.3 Å². The molecule has 4 rings (SSSR count). The number of fused-ring (bicyclic) bond motifs is 2. The highest BCUT2D eigenvalue weighted by atomic mass is 16.5. The van der Waals surface area contributed by atoms with Gasteiger partial charge in [0.2, 0.25) is 5.91 Å². The number of ether oxygens (including phenoxy) is 1. The van der Waals surface area contributed by atoms with Gasteiger partial charge in [0.05, 0.1) is 23.6 Å². The number of para-hydroxylation sites is 2. The van der Waals surface area contributed by atoms with Gasteiger partial charge < -0.3 is 14.6 Å². The van der Waals surface area contributed by atoms with E-state index in [2.05, 4.69) is 28.1 Å². The highest BCUT2D eigenvalue weighted by Crippen LogP contribution is 2.26. The van der Waals surface area contributed by atoms with Crippen molar-refractivity contribution in [2.75, 3.05) is 6.61 Å². The van der Waals surface area contributed by atoms with Crippen LogP contribution in [0, 0.1) is 0 Å². The fourth-order valence-electron chi connectivity index (χ4n) is 3.60. The monoisotopic (exact) mass is 373 g/mol. The number of hydrogen-bond acceptors (Lipinski definition) is 3. The Hall–Kier alpha value is -3.34. The lowest BCUT2D eigenvalue weighted by atomic mass is 10.1. The number of imidazole rings is 1. The minimum absolute atomic E-state index is 0.0712. The molecule has 3 aromatic carbocycles. The highest BCUT2D eigenvalue weighted by Gasteiger charge is 2.17. The lowest BCUT2D eigenvalue weighted by Crippen LogP contribution is -2.27. The first-order chi connectivity index (χ1) is 13.6. The average Bonchev–Trinajstić information content (AvgIpc) is 3.07.